The number of carbonyl (C=O) groups is 2. The molecule has 0 bridgehead atoms. The Bertz CT molecular complexity index is 763. The Labute approximate surface area is 160 Å². The van der Waals surface area contributed by atoms with Crippen molar-refractivity contribution in [3.8, 4) is 0 Å². The van der Waals surface area contributed by atoms with Gasteiger partial charge in [-0.1, -0.05) is 53.0 Å². The van der Waals surface area contributed by atoms with Crippen LogP contribution in [-0.4, -0.2) is 23.0 Å². The van der Waals surface area contributed by atoms with Crippen LogP contribution >= 0.6 is 34.8 Å². The van der Waals surface area contributed by atoms with Gasteiger partial charge >= 0.3 is 5.97 Å². The van der Waals surface area contributed by atoms with Crippen LogP contribution in [0.25, 0.3) is 0 Å². The maximum atomic E-state index is 12.2. The summed E-state index contributed by atoms with van der Waals surface area (Å²) in [5.74, 6) is -1.26. The third-order valence-corrected chi connectivity index (χ3v) is 4.52. The number of halogens is 3. The van der Waals surface area contributed by atoms with Crippen molar-refractivity contribution in [3.63, 3.8) is 0 Å². The van der Waals surface area contributed by atoms with E-state index >= 15 is 0 Å². The molecule has 0 unspecified atom stereocenters. The van der Waals surface area contributed by atoms with Crippen molar-refractivity contribution in [3.05, 3.63) is 68.7 Å². The highest BCUT2D eigenvalue weighted by molar-refractivity contribution is 6.42. The van der Waals surface area contributed by atoms with Crippen LogP contribution in [-0.2, 0) is 22.4 Å². The summed E-state index contributed by atoms with van der Waals surface area (Å²) in [4.78, 5) is 23.3. The highest BCUT2D eigenvalue weighted by Gasteiger charge is 2.17. The number of rotatable bonds is 7. The van der Waals surface area contributed by atoms with Gasteiger partial charge in [0.15, 0.2) is 0 Å². The minimum absolute atomic E-state index is 0.0909. The van der Waals surface area contributed by atoms with Crippen LogP contribution in [0.3, 0.4) is 0 Å². The standard InChI is InChI=1S/C18H16Cl3NO3/c19-13-4-1-11(2-5-13)7-14(10-18(24)25)22-17(23)9-12-3-6-15(20)16(21)8-12/h1-6,8,14H,7,9-10H2,(H,22,23)(H,24,25)/t14-/m1/s1. The van der Waals surface area contributed by atoms with E-state index in [1.54, 1.807) is 30.3 Å². The monoisotopic (exact) mass is 399 g/mol. The highest BCUT2D eigenvalue weighted by atomic mass is 35.5. The summed E-state index contributed by atoms with van der Waals surface area (Å²) in [6, 6.07) is 11.5. The van der Waals surface area contributed by atoms with E-state index in [-0.39, 0.29) is 18.7 Å². The van der Waals surface area contributed by atoms with Crippen LogP contribution in [0.5, 0.6) is 0 Å². The molecule has 7 heteroatoms. The van der Waals surface area contributed by atoms with Gasteiger partial charge in [-0.3, -0.25) is 9.59 Å². The second-order valence-electron chi connectivity index (χ2n) is 5.62. The summed E-state index contributed by atoms with van der Waals surface area (Å²) in [6.07, 6.45) is 0.319. The van der Waals surface area contributed by atoms with E-state index in [1.165, 1.54) is 0 Å². The van der Waals surface area contributed by atoms with E-state index in [4.69, 9.17) is 39.9 Å². The quantitative estimate of drug-likeness (QED) is 0.724. The zero-order chi connectivity index (χ0) is 18.4. The molecule has 0 aliphatic rings. The SMILES string of the molecule is O=C(O)C[C@@H](Cc1ccc(Cl)cc1)NC(=O)Cc1ccc(Cl)c(Cl)c1. The van der Waals surface area contributed by atoms with Gasteiger partial charge in [0.2, 0.25) is 5.91 Å². The summed E-state index contributed by atoms with van der Waals surface area (Å²) in [7, 11) is 0. The molecule has 2 aromatic carbocycles. The molecular weight excluding hydrogens is 385 g/mol. The minimum atomic E-state index is -0.978. The number of hydrogen-bond donors (Lipinski definition) is 2. The lowest BCUT2D eigenvalue weighted by Gasteiger charge is -2.17. The number of aliphatic carboxylic acids is 1. The van der Waals surface area contributed by atoms with Crippen molar-refractivity contribution in [1.82, 2.24) is 5.32 Å². The van der Waals surface area contributed by atoms with E-state index in [1.807, 2.05) is 12.1 Å². The number of carbonyl (C=O) groups excluding carboxylic acids is 1. The predicted octanol–water partition coefficient (Wildman–Crippen LogP) is 4.39. The Kier molecular flexibility index (Phi) is 7.12. The van der Waals surface area contributed by atoms with Crippen LogP contribution in [0.1, 0.15) is 17.5 Å². The summed E-state index contributed by atoms with van der Waals surface area (Å²) in [6.45, 7) is 0. The van der Waals surface area contributed by atoms with Gasteiger partial charge in [-0.25, -0.2) is 0 Å². The fourth-order valence-electron chi connectivity index (χ4n) is 2.40. The fourth-order valence-corrected chi connectivity index (χ4v) is 2.85. The topological polar surface area (TPSA) is 66.4 Å². The van der Waals surface area contributed by atoms with Gasteiger partial charge in [0.1, 0.15) is 0 Å². The lowest BCUT2D eigenvalue weighted by Crippen LogP contribution is -2.38. The largest absolute Gasteiger partial charge is 0.481 e. The Balaban J connectivity index is 2.02. The number of carboxylic acid groups (broad SMARTS) is 1. The first-order valence-corrected chi connectivity index (χ1v) is 8.66. The van der Waals surface area contributed by atoms with E-state index in [9.17, 15) is 9.59 Å². The molecule has 4 nitrogen and oxygen atoms in total. The first-order chi connectivity index (χ1) is 11.8. The van der Waals surface area contributed by atoms with Gasteiger partial charge in [-0.05, 0) is 41.8 Å². The molecule has 0 spiro atoms. The molecule has 25 heavy (non-hydrogen) atoms. The molecule has 0 radical (unpaired) electrons. The van der Waals surface area contributed by atoms with Crippen LogP contribution in [0, 0.1) is 0 Å². The Hall–Kier alpha value is -1.75. The second kappa shape index (κ2) is 9.09. The molecule has 0 saturated carbocycles. The zero-order valence-corrected chi connectivity index (χ0v) is 15.4. The van der Waals surface area contributed by atoms with E-state index < -0.39 is 12.0 Å². The van der Waals surface area contributed by atoms with Gasteiger partial charge in [0, 0.05) is 11.1 Å². The van der Waals surface area contributed by atoms with E-state index in [0.717, 1.165) is 5.56 Å². The van der Waals surface area contributed by atoms with Crippen molar-refractivity contribution in [1.29, 1.82) is 0 Å². The van der Waals surface area contributed by atoms with Crippen molar-refractivity contribution in [2.75, 3.05) is 0 Å². The molecule has 1 atom stereocenters. The first kappa shape index (κ1) is 19.6. The number of carboxylic acids is 1. The maximum absolute atomic E-state index is 12.2. The predicted molar refractivity (Wildman–Crippen MR) is 99.5 cm³/mol. The molecular formula is C18H16Cl3NO3. The lowest BCUT2D eigenvalue weighted by atomic mass is 10.0. The molecule has 2 N–H and O–H groups in total. The van der Waals surface area contributed by atoms with E-state index in [0.29, 0.717) is 27.1 Å². The maximum Gasteiger partial charge on any atom is 0.305 e. The first-order valence-electron chi connectivity index (χ1n) is 7.53. The smallest absolute Gasteiger partial charge is 0.305 e. The Morgan fingerprint density at radius 2 is 1.60 bits per heavy atom. The number of amides is 1. The van der Waals surface area contributed by atoms with Gasteiger partial charge in [0.05, 0.1) is 22.9 Å². The van der Waals surface area contributed by atoms with Crippen LogP contribution < -0.4 is 5.32 Å². The molecule has 0 heterocycles. The fraction of sp³-hybridized carbons (Fsp3) is 0.222. The molecule has 0 aliphatic carbocycles. The van der Waals surface area contributed by atoms with Crippen molar-refractivity contribution in [2.45, 2.75) is 25.3 Å². The van der Waals surface area contributed by atoms with Crippen LogP contribution in [0.4, 0.5) is 0 Å². The third kappa shape index (κ3) is 6.58. The molecule has 2 aromatic rings. The van der Waals surface area contributed by atoms with Crippen molar-refractivity contribution < 1.29 is 14.7 Å². The van der Waals surface area contributed by atoms with Crippen molar-refractivity contribution in [2.24, 2.45) is 0 Å². The lowest BCUT2D eigenvalue weighted by molar-refractivity contribution is -0.137. The minimum Gasteiger partial charge on any atom is -0.481 e. The summed E-state index contributed by atoms with van der Waals surface area (Å²) < 4.78 is 0. The molecule has 0 saturated heterocycles. The average molecular weight is 401 g/mol. The van der Waals surface area contributed by atoms with Gasteiger partial charge in [-0.15, -0.1) is 0 Å². The van der Waals surface area contributed by atoms with Gasteiger partial charge in [-0.2, -0.15) is 0 Å². The normalized spacial score (nSPS) is 11.8. The Morgan fingerprint density at radius 3 is 2.20 bits per heavy atom. The van der Waals surface area contributed by atoms with E-state index in [2.05, 4.69) is 5.32 Å². The summed E-state index contributed by atoms with van der Waals surface area (Å²) >= 11 is 17.6. The zero-order valence-electron chi connectivity index (χ0n) is 13.1. The highest BCUT2D eigenvalue weighted by Crippen LogP contribution is 2.22. The third-order valence-electron chi connectivity index (χ3n) is 3.53. The molecule has 0 aromatic heterocycles. The van der Waals surface area contributed by atoms with Crippen LogP contribution in [0.2, 0.25) is 15.1 Å². The number of hydrogen-bond acceptors (Lipinski definition) is 2. The molecule has 1 amide bonds. The summed E-state index contributed by atoms with van der Waals surface area (Å²) in [5.41, 5.74) is 1.60. The van der Waals surface area contributed by atoms with Gasteiger partial charge < -0.3 is 10.4 Å². The van der Waals surface area contributed by atoms with Gasteiger partial charge in [0.25, 0.3) is 0 Å². The summed E-state index contributed by atoms with van der Waals surface area (Å²) in [5, 5.41) is 13.2. The molecule has 132 valence electrons. The molecule has 0 aliphatic heterocycles. The number of benzene rings is 2. The Morgan fingerprint density at radius 1 is 0.960 bits per heavy atom. The van der Waals surface area contributed by atoms with Crippen LogP contribution in [0.15, 0.2) is 42.5 Å². The molecule has 2 rings (SSSR count). The van der Waals surface area contributed by atoms with Crippen molar-refractivity contribution >= 4 is 46.7 Å². The average Bonchev–Trinajstić information content (AvgIpc) is 2.52. The number of nitrogens with one attached hydrogen (secondary N) is 1. The second-order valence-corrected chi connectivity index (χ2v) is 6.87. The molecule has 0 fully saturated rings.